The second-order valence-corrected chi connectivity index (χ2v) is 10.9. The molecule has 0 N–H and O–H groups in total. The maximum Gasteiger partial charge on any atom is 0.0582 e. The van der Waals surface area contributed by atoms with Crippen molar-refractivity contribution in [2.24, 2.45) is 23.7 Å². The first-order valence-corrected chi connectivity index (χ1v) is 12.2. The second kappa shape index (κ2) is 6.03. The quantitative estimate of drug-likeness (QED) is 0.281. The van der Waals surface area contributed by atoms with Gasteiger partial charge in [0, 0.05) is 16.2 Å². The zero-order valence-electron chi connectivity index (χ0n) is 18.9. The molecule has 0 saturated heterocycles. The van der Waals surface area contributed by atoms with Crippen LogP contribution in [0.25, 0.3) is 27.5 Å². The molecule has 1 aromatic heterocycles. The molecule has 1 nitrogen and oxygen atoms in total. The predicted octanol–water partition coefficient (Wildman–Crippen LogP) is 7.78. The molecule has 1 heteroatoms. The van der Waals surface area contributed by atoms with Crippen molar-refractivity contribution < 1.29 is 0 Å². The Balaban J connectivity index is 1.70. The number of hydrogen-bond acceptors (Lipinski definition) is 0. The van der Waals surface area contributed by atoms with Crippen LogP contribution in [-0.2, 0) is 5.41 Å². The van der Waals surface area contributed by atoms with Gasteiger partial charge in [0.25, 0.3) is 0 Å². The number of benzene rings is 3. The minimum Gasteiger partial charge on any atom is -0.308 e. The lowest BCUT2D eigenvalue weighted by molar-refractivity contribution is 0.0400. The van der Waals surface area contributed by atoms with E-state index in [4.69, 9.17) is 0 Å². The van der Waals surface area contributed by atoms with Gasteiger partial charge in [-0.3, -0.25) is 0 Å². The SMILES string of the molecule is Cc1cccc2c1-n1c3ccccc3c3cccc(c31)C21C(C)CC2CC(C)CC1C2. The number of nitrogens with zero attached hydrogens (tertiary/aromatic N) is 1. The summed E-state index contributed by atoms with van der Waals surface area (Å²) in [4.78, 5) is 0. The molecule has 3 aromatic carbocycles. The lowest BCUT2D eigenvalue weighted by Crippen LogP contribution is -2.52. The van der Waals surface area contributed by atoms with Gasteiger partial charge < -0.3 is 4.57 Å². The van der Waals surface area contributed by atoms with Gasteiger partial charge in [-0.15, -0.1) is 0 Å². The summed E-state index contributed by atoms with van der Waals surface area (Å²) in [5, 5.41) is 2.82. The summed E-state index contributed by atoms with van der Waals surface area (Å²) in [5.41, 5.74) is 9.05. The number of fused-ring (bicyclic) bond motifs is 10. The number of hydrogen-bond donors (Lipinski definition) is 0. The van der Waals surface area contributed by atoms with Crippen molar-refractivity contribution in [2.75, 3.05) is 0 Å². The fourth-order valence-electron chi connectivity index (χ4n) is 8.39. The van der Waals surface area contributed by atoms with Crippen LogP contribution in [0.4, 0.5) is 0 Å². The first-order chi connectivity index (χ1) is 15.1. The molecule has 2 fully saturated rings. The van der Waals surface area contributed by atoms with Crippen LogP contribution in [0.1, 0.15) is 56.2 Å². The Morgan fingerprint density at radius 1 is 0.774 bits per heavy atom. The molecule has 4 aromatic rings. The Morgan fingerprint density at radius 2 is 1.55 bits per heavy atom. The normalized spacial score (nSPS) is 31.3. The van der Waals surface area contributed by atoms with Gasteiger partial charge >= 0.3 is 0 Å². The Labute approximate surface area is 185 Å². The highest BCUT2D eigenvalue weighted by molar-refractivity contribution is 6.11. The molecule has 5 atom stereocenters. The van der Waals surface area contributed by atoms with Gasteiger partial charge in [0.05, 0.1) is 16.7 Å². The molecular weight excluding hydrogens is 374 g/mol. The van der Waals surface area contributed by atoms with Crippen LogP contribution in [0.2, 0.25) is 0 Å². The first kappa shape index (κ1) is 18.1. The Bertz CT molecular complexity index is 1350. The fraction of sp³-hybridized carbons (Fsp3) is 0.400. The van der Waals surface area contributed by atoms with E-state index in [1.165, 1.54) is 58.7 Å². The van der Waals surface area contributed by atoms with E-state index in [9.17, 15) is 0 Å². The monoisotopic (exact) mass is 405 g/mol. The summed E-state index contributed by atoms with van der Waals surface area (Å²) in [6, 6.07) is 23.3. The second-order valence-electron chi connectivity index (χ2n) is 10.9. The minimum absolute atomic E-state index is 0.135. The van der Waals surface area contributed by atoms with Crippen molar-refractivity contribution in [1.29, 1.82) is 0 Å². The highest BCUT2D eigenvalue weighted by Gasteiger charge is 2.55. The lowest BCUT2D eigenvalue weighted by atomic mass is 9.47. The fourth-order valence-corrected chi connectivity index (χ4v) is 8.39. The largest absolute Gasteiger partial charge is 0.308 e. The van der Waals surface area contributed by atoms with Gasteiger partial charge in [-0.05, 0) is 79.0 Å². The minimum atomic E-state index is 0.135. The molecule has 5 unspecified atom stereocenters. The zero-order chi connectivity index (χ0) is 20.9. The van der Waals surface area contributed by atoms with E-state index in [0.29, 0.717) is 5.92 Å². The first-order valence-electron chi connectivity index (χ1n) is 12.2. The van der Waals surface area contributed by atoms with E-state index < -0.39 is 0 Å². The summed E-state index contributed by atoms with van der Waals surface area (Å²) >= 11 is 0. The molecule has 31 heavy (non-hydrogen) atoms. The average molecular weight is 406 g/mol. The van der Waals surface area contributed by atoms with Crippen molar-refractivity contribution in [2.45, 2.75) is 51.9 Å². The van der Waals surface area contributed by atoms with Crippen LogP contribution in [0.15, 0.2) is 60.7 Å². The maximum absolute atomic E-state index is 2.61. The van der Waals surface area contributed by atoms with Crippen LogP contribution in [0, 0.1) is 30.6 Å². The lowest BCUT2D eigenvalue weighted by Gasteiger charge is -2.57. The van der Waals surface area contributed by atoms with E-state index in [2.05, 4.69) is 86.0 Å². The average Bonchev–Trinajstić information content (AvgIpc) is 3.09. The van der Waals surface area contributed by atoms with E-state index in [0.717, 1.165) is 17.8 Å². The summed E-state index contributed by atoms with van der Waals surface area (Å²) in [5.74, 6) is 3.16. The molecule has 156 valence electrons. The molecule has 2 heterocycles. The van der Waals surface area contributed by atoms with E-state index in [-0.39, 0.29) is 5.41 Å². The van der Waals surface area contributed by atoms with Gasteiger partial charge in [-0.25, -0.2) is 0 Å². The van der Waals surface area contributed by atoms with E-state index in [1.807, 2.05) is 0 Å². The molecule has 7 rings (SSSR count). The standard InChI is InChI=1S/C30H31N/c1-18-14-21-16-20(3)30(22(15-18)17-21)25-11-6-8-19(2)28(25)31-27-13-5-4-9-23(27)24-10-7-12-26(30)29(24)31/h4-13,18,20-22H,14-17H2,1-3H3. The molecule has 0 amide bonds. The van der Waals surface area contributed by atoms with Crippen LogP contribution < -0.4 is 0 Å². The van der Waals surface area contributed by atoms with E-state index >= 15 is 0 Å². The Hall–Kier alpha value is -2.54. The molecule has 2 saturated carbocycles. The topological polar surface area (TPSA) is 4.93 Å². The predicted molar refractivity (Wildman–Crippen MR) is 130 cm³/mol. The zero-order valence-corrected chi connectivity index (χ0v) is 18.9. The number of aromatic nitrogens is 1. The van der Waals surface area contributed by atoms with Crippen molar-refractivity contribution in [3.05, 3.63) is 77.4 Å². The third kappa shape index (κ3) is 2.08. The summed E-state index contributed by atoms with van der Waals surface area (Å²) < 4.78 is 2.61. The molecule has 0 radical (unpaired) electrons. The third-order valence-corrected chi connectivity index (χ3v) is 9.20. The summed E-state index contributed by atoms with van der Waals surface area (Å²) in [6.45, 7) is 7.39. The molecular formula is C30H31N. The van der Waals surface area contributed by atoms with Crippen molar-refractivity contribution >= 4 is 21.8 Å². The smallest absolute Gasteiger partial charge is 0.0582 e. The Kier molecular flexibility index (Phi) is 3.52. The van der Waals surface area contributed by atoms with Crippen molar-refractivity contribution in [1.82, 2.24) is 4.57 Å². The molecule has 2 aliphatic carbocycles. The highest BCUT2D eigenvalue weighted by Crippen LogP contribution is 2.63. The molecule has 1 spiro atoms. The van der Waals surface area contributed by atoms with Gasteiger partial charge in [0.2, 0.25) is 0 Å². The molecule has 3 aliphatic rings. The number of rotatable bonds is 0. The van der Waals surface area contributed by atoms with Crippen LogP contribution in [-0.4, -0.2) is 4.57 Å². The molecule has 2 bridgehead atoms. The van der Waals surface area contributed by atoms with Gasteiger partial charge in [-0.2, -0.15) is 0 Å². The van der Waals surface area contributed by atoms with Crippen LogP contribution in [0.3, 0.4) is 0 Å². The maximum atomic E-state index is 2.61. The number of aryl methyl sites for hydroxylation is 1. The van der Waals surface area contributed by atoms with Gasteiger partial charge in [0.1, 0.15) is 0 Å². The van der Waals surface area contributed by atoms with Gasteiger partial charge in [-0.1, -0.05) is 68.4 Å². The van der Waals surface area contributed by atoms with Crippen LogP contribution in [0.5, 0.6) is 0 Å². The van der Waals surface area contributed by atoms with Crippen molar-refractivity contribution in [3.63, 3.8) is 0 Å². The highest BCUT2D eigenvalue weighted by atomic mass is 15.0. The summed E-state index contributed by atoms with van der Waals surface area (Å²) in [6.07, 6.45) is 5.57. The number of para-hydroxylation sites is 3. The Morgan fingerprint density at radius 3 is 2.45 bits per heavy atom. The van der Waals surface area contributed by atoms with Crippen molar-refractivity contribution in [3.8, 4) is 5.69 Å². The van der Waals surface area contributed by atoms with E-state index in [1.54, 1.807) is 11.1 Å². The molecule has 1 aliphatic heterocycles. The summed E-state index contributed by atoms with van der Waals surface area (Å²) in [7, 11) is 0. The van der Waals surface area contributed by atoms with Crippen LogP contribution >= 0.6 is 0 Å². The third-order valence-electron chi connectivity index (χ3n) is 9.20. The van der Waals surface area contributed by atoms with Gasteiger partial charge in [0.15, 0.2) is 0 Å².